The number of methoxy groups -OCH3 is 1. The predicted octanol–water partition coefficient (Wildman–Crippen LogP) is 7.66. The van der Waals surface area contributed by atoms with Gasteiger partial charge in [0.25, 0.3) is 0 Å². The van der Waals surface area contributed by atoms with Gasteiger partial charge in [-0.05, 0) is 86.1 Å². The van der Waals surface area contributed by atoms with Crippen LogP contribution in [0.5, 0.6) is 5.75 Å². The molecule has 2 aliphatic rings. The Morgan fingerprint density at radius 1 is 1.00 bits per heavy atom. The molecule has 0 amide bonds. The highest BCUT2D eigenvalue weighted by Crippen LogP contribution is 2.57. The zero-order chi connectivity index (χ0) is 25.8. The second-order valence-electron chi connectivity index (χ2n) is 11.8. The van der Waals surface area contributed by atoms with Gasteiger partial charge in [0.2, 0.25) is 0 Å². The number of benzene rings is 2. The summed E-state index contributed by atoms with van der Waals surface area (Å²) in [5.41, 5.74) is 7.23. The van der Waals surface area contributed by atoms with Crippen molar-refractivity contribution in [1.82, 2.24) is 0 Å². The van der Waals surface area contributed by atoms with Crippen molar-refractivity contribution in [3.8, 4) is 5.75 Å². The molecule has 1 N–H and O–H groups in total. The van der Waals surface area contributed by atoms with Gasteiger partial charge in [0.1, 0.15) is 5.75 Å². The third-order valence-electron chi connectivity index (χ3n) is 8.25. The lowest BCUT2D eigenvalue weighted by molar-refractivity contribution is 0.103. The SMILES string of the molecule is COc1cccc(CCC2=C3C[C@H](O)C[C@]3(CCCOCc3ccccc3)CC([Si](C)(C)C)=C2C)c1. The van der Waals surface area contributed by atoms with Gasteiger partial charge in [-0.25, -0.2) is 0 Å². The molecule has 0 aliphatic heterocycles. The summed E-state index contributed by atoms with van der Waals surface area (Å²) >= 11 is 0. The molecule has 3 nitrogen and oxygen atoms in total. The minimum absolute atomic E-state index is 0.0916. The normalized spacial score (nSPS) is 22.2. The minimum atomic E-state index is -1.50. The van der Waals surface area contributed by atoms with Gasteiger partial charge in [-0.3, -0.25) is 0 Å². The van der Waals surface area contributed by atoms with Crippen molar-refractivity contribution in [2.45, 2.75) is 84.2 Å². The Hall–Kier alpha value is -2.14. The van der Waals surface area contributed by atoms with Gasteiger partial charge in [-0.1, -0.05) is 78.4 Å². The topological polar surface area (TPSA) is 38.7 Å². The first-order chi connectivity index (χ1) is 17.2. The molecule has 1 saturated carbocycles. The summed E-state index contributed by atoms with van der Waals surface area (Å²) < 4.78 is 11.5. The van der Waals surface area contributed by atoms with E-state index in [4.69, 9.17) is 9.47 Å². The number of hydrogen-bond acceptors (Lipinski definition) is 3. The van der Waals surface area contributed by atoms with Gasteiger partial charge in [-0.15, -0.1) is 0 Å². The molecule has 0 aromatic heterocycles. The Morgan fingerprint density at radius 2 is 1.75 bits per heavy atom. The molecule has 4 rings (SSSR count). The Labute approximate surface area is 219 Å². The van der Waals surface area contributed by atoms with Crippen molar-refractivity contribution in [2.24, 2.45) is 5.41 Å². The van der Waals surface area contributed by atoms with Crippen LogP contribution in [0.25, 0.3) is 0 Å². The zero-order valence-corrected chi connectivity index (χ0v) is 23.9. The van der Waals surface area contributed by atoms with Crippen molar-refractivity contribution in [2.75, 3.05) is 13.7 Å². The fourth-order valence-corrected chi connectivity index (χ4v) is 8.63. The number of rotatable bonds is 11. The second-order valence-corrected chi connectivity index (χ2v) is 16.9. The number of ether oxygens (including phenoxy) is 2. The van der Waals surface area contributed by atoms with Gasteiger partial charge in [-0.2, -0.15) is 0 Å². The van der Waals surface area contributed by atoms with Crippen LogP contribution in [0.2, 0.25) is 19.6 Å². The maximum atomic E-state index is 10.9. The van der Waals surface area contributed by atoms with Gasteiger partial charge in [0.15, 0.2) is 0 Å². The van der Waals surface area contributed by atoms with Crippen molar-refractivity contribution >= 4 is 8.07 Å². The Balaban J connectivity index is 1.54. The fraction of sp³-hybridized carbons (Fsp3) is 0.500. The minimum Gasteiger partial charge on any atom is -0.497 e. The van der Waals surface area contributed by atoms with Crippen molar-refractivity contribution in [1.29, 1.82) is 0 Å². The van der Waals surface area contributed by atoms with E-state index in [0.29, 0.717) is 6.61 Å². The molecular weight excluding hydrogens is 460 g/mol. The molecule has 4 heteroatoms. The zero-order valence-electron chi connectivity index (χ0n) is 22.9. The second kappa shape index (κ2) is 11.5. The van der Waals surface area contributed by atoms with E-state index in [0.717, 1.165) is 57.3 Å². The molecule has 0 spiro atoms. The summed E-state index contributed by atoms with van der Waals surface area (Å²) in [5, 5.41) is 12.6. The van der Waals surface area contributed by atoms with E-state index in [1.807, 2.05) is 12.1 Å². The number of fused-ring (bicyclic) bond motifs is 1. The molecule has 194 valence electrons. The molecule has 1 fully saturated rings. The average Bonchev–Trinajstić information content (AvgIpc) is 3.19. The molecule has 2 aliphatic carbocycles. The fourth-order valence-electron chi connectivity index (χ4n) is 6.48. The lowest BCUT2D eigenvalue weighted by Gasteiger charge is -2.42. The lowest BCUT2D eigenvalue weighted by atomic mass is 9.68. The van der Waals surface area contributed by atoms with E-state index in [2.05, 4.69) is 69.0 Å². The third kappa shape index (κ3) is 6.22. The molecule has 2 aromatic rings. The molecular formula is C32H44O3Si. The van der Waals surface area contributed by atoms with Crippen LogP contribution < -0.4 is 4.74 Å². The van der Waals surface area contributed by atoms with E-state index < -0.39 is 8.07 Å². The summed E-state index contributed by atoms with van der Waals surface area (Å²) in [5.74, 6) is 0.921. The van der Waals surface area contributed by atoms with Crippen molar-refractivity contribution in [3.05, 3.63) is 87.6 Å². The largest absolute Gasteiger partial charge is 0.497 e. The molecule has 0 saturated heterocycles. The maximum Gasteiger partial charge on any atom is 0.119 e. The highest BCUT2D eigenvalue weighted by Gasteiger charge is 2.48. The van der Waals surface area contributed by atoms with Crippen LogP contribution in [-0.2, 0) is 17.8 Å². The standard InChI is InChI=1S/C32H44O3Si/c1-24-29(16-15-25-13-9-14-28(19-25)34-2)30-20-27(33)21-32(30,22-31(24)36(3,4)5)17-10-18-35-23-26-11-7-6-8-12-26/h6-9,11-14,19,27,33H,10,15-18,20-23H2,1-5H3/t27-,32+/m0/s1. The predicted molar refractivity (Wildman–Crippen MR) is 152 cm³/mol. The van der Waals surface area contributed by atoms with E-state index in [9.17, 15) is 5.11 Å². The Morgan fingerprint density at radius 3 is 2.47 bits per heavy atom. The summed E-state index contributed by atoms with van der Waals surface area (Å²) in [6, 6.07) is 18.9. The van der Waals surface area contributed by atoms with Crippen LogP contribution in [0.1, 0.15) is 56.6 Å². The quantitative estimate of drug-likeness (QED) is 0.252. The van der Waals surface area contributed by atoms with Crippen LogP contribution in [0, 0.1) is 5.41 Å². The molecule has 0 heterocycles. The molecule has 2 aromatic carbocycles. The van der Waals surface area contributed by atoms with Crippen LogP contribution in [0.3, 0.4) is 0 Å². The first-order valence-electron chi connectivity index (χ1n) is 13.6. The van der Waals surface area contributed by atoms with E-state index in [1.54, 1.807) is 17.9 Å². The Kier molecular flexibility index (Phi) is 8.59. The molecule has 0 bridgehead atoms. The van der Waals surface area contributed by atoms with Crippen LogP contribution in [0.15, 0.2) is 76.5 Å². The monoisotopic (exact) mass is 504 g/mol. The Bertz CT molecular complexity index is 1100. The molecule has 36 heavy (non-hydrogen) atoms. The van der Waals surface area contributed by atoms with Gasteiger partial charge < -0.3 is 14.6 Å². The summed E-state index contributed by atoms with van der Waals surface area (Å²) in [7, 11) is 0.233. The van der Waals surface area contributed by atoms with Crippen LogP contribution in [0.4, 0.5) is 0 Å². The summed E-state index contributed by atoms with van der Waals surface area (Å²) in [6.07, 6.45) is 6.77. The first kappa shape index (κ1) is 26.9. The molecule has 0 unspecified atom stereocenters. The highest BCUT2D eigenvalue weighted by molar-refractivity contribution is 6.83. The number of aryl methyl sites for hydroxylation is 1. The number of hydrogen-bond donors (Lipinski definition) is 1. The maximum absolute atomic E-state index is 10.9. The van der Waals surface area contributed by atoms with Crippen LogP contribution >= 0.6 is 0 Å². The number of aliphatic hydroxyl groups excluding tert-OH is 1. The smallest absolute Gasteiger partial charge is 0.119 e. The lowest BCUT2D eigenvalue weighted by Crippen LogP contribution is -2.35. The van der Waals surface area contributed by atoms with E-state index >= 15 is 0 Å². The van der Waals surface area contributed by atoms with Crippen LogP contribution in [-0.4, -0.2) is 33.0 Å². The average molecular weight is 505 g/mol. The van der Waals surface area contributed by atoms with Crippen molar-refractivity contribution in [3.63, 3.8) is 0 Å². The summed E-state index contributed by atoms with van der Waals surface area (Å²) in [6.45, 7) is 11.3. The van der Waals surface area contributed by atoms with Gasteiger partial charge in [0.05, 0.1) is 27.9 Å². The summed E-state index contributed by atoms with van der Waals surface area (Å²) in [4.78, 5) is 0. The van der Waals surface area contributed by atoms with Crippen molar-refractivity contribution < 1.29 is 14.6 Å². The highest BCUT2D eigenvalue weighted by atomic mass is 28.3. The third-order valence-corrected chi connectivity index (χ3v) is 10.6. The molecule has 0 radical (unpaired) electrons. The van der Waals surface area contributed by atoms with Gasteiger partial charge in [0, 0.05) is 6.61 Å². The number of aliphatic hydroxyl groups is 1. The first-order valence-corrected chi connectivity index (χ1v) is 17.1. The van der Waals surface area contributed by atoms with E-state index in [-0.39, 0.29) is 11.5 Å². The van der Waals surface area contributed by atoms with Gasteiger partial charge >= 0.3 is 0 Å². The molecule has 2 atom stereocenters. The number of allylic oxidation sites excluding steroid dienone is 3. The van der Waals surface area contributed by atoms with E-state index in [1.165, 1.54) is 22.3 Å².